The highest BCUT2D eigenvalue weighted by molar-refractivity contribution is 14.0. The molecule has 30 heavy (non-hydrogen) atoms. The Morgan fingerprint density at radius 3 is 2.13 bits per heavy atom. The number of rotatable bonds is 6. The minimum atomic E-state index is -4.30. The lowest BCUT2D eigenvalue weighted by molar-refractivity contribution is -0.137. The van der Waals surface area contributed by atoms with E-state index in [0.717, 1.165) is 49.8 Å². The third-order valence-electron chi connectivity index (χ3n) is 4.80. The van der Waals surface area contributed by atoms with E-state index in [-0.39, 0.29) is 35.8 Å². The second-order valence-electron chi connectivity index (χ2n) is 7.38. The second-order valence-corrected chi connectivity index (χ2v) is 7.38. The van der Waals surface area contributed by atoms with Gasteiger partial charge >= 0.3 is 6.18 Å². The lowest BCUT2D eigenvalue weighted by Crippen LogP contribution is -2.53. The van der Waals surface area contributed by atoms with Crippen molar-refractivity contribution in [3.8, 4) is 0 Å². The maximum Gasteiger partial charge on any atom is 0.416 e. The normalized spacial score (nSPS) is 15.7. The molecular formula is C20H31F3IN5O. The first-order valence-corrected chi connectivity index (χ1v) is 9.82. The summed E-state index contributed by atoms with van der Waals surface area (Å²) in [4.78, 5) is 20.2. The van der Waals surface area contributed by atoms with Crippen LogP contribution in [0.2, 0.25) is 0 Å². The molecule has 1 saturated heterocycles. The fourth-order valence-corrected chi connectivity index (χ4v) is 3.07. The van der Waals surface area contributed by atoms with Crippen molar-refractivity contribution in [2.45, 2.75) is 26.6 Å². The molecule has 0 bridgehead atoms. The molecule has 1 heterocycles. The van der Waals surface area contributed by atoms with Gasteiger partial charge in [0, 0.05) is 58.8 Å². The van der Waals surface area contributed by atoms with Crippen molar-refractivity contribution < 1.29 is 18.0 Å². The highest BCUT2D eigenvalue weighted by atomic mass is 127. The van der Waals surface area contributed by atoms with E-state index in [4.69, 9.17) is 0 Å². The quantitative estimate of drug-likeness (QED) is 0.252. The van der Waals surface area contributed by atoms with Crippen molar-refractivity contribution in [2.75, 3.05) is 46.3 Å². The summed E-state index contributed by atoms with van der Waals surface area (Å²) in [5, 5.41) is 6.11. The number of hydrogen-bond donors (Lipinski definition) is 2. The van der Waals surface area contributed by atoms with Gasteiger partial charge in [-0.05, 0) is 17.7 Å². The molecule has 1 fully saturated rings. The average molecular weight is 541 g/mol. The number of piperazine rings is 1. The third kappa shape index (κ3) is 8.29. The van der Waals surface area contributed by atoms with Gasteiger partial charge in [-0.2, -0.15) is 13.2 Å². The van der Waals surface area contributed by atoms with Crippen molar-refractivity contribution in [1.82, 2.24) is 20.4 Å². The highest BCUT2D eigenvalue weighted by Gasteiger charge is 2.30. The Bertz CT molecular complexity index is 687. The monoisotopic (exact) mass is 541 g/mol. The average Bonchev–Trinajstić information content (AvgIpc) is 2.68. The first kappa shape index (κ1) is 26.5. The topological polar surface area (TPSA) is 60.0 Å². The van der Waals surface area contributed by atoms with Crippen LogP contribution >= 0.6 is 24.0 Å². The first-order chi connectivity index (χ1) is 13.7. The summed E-state index contributed by atoms with van der Waals surface area (Å²) in [5.41, 5.74) is 0.250. The van der Waals surface area contributed by atoms with Crippen LogP contribution in [0.3, 0.4) is 0 Å². The summed E-state index contributed by atoms with van der Waals surface area (Å²) in [6, 6.07) is 5.35. The Labute approximate surface area is 193 Å². The molecule has 0 radical (unpaired) electrons. The predicted octanol–water partition coefficient (Wildman–Crippen LogP) is 2.79. The molecule has 10 heteroatoms. The SMILES string of the molecule is CN=C(NCCNC(=O)C(C)C)N1CCN(Cc2ccc(C(F)(F)F)cc2)CC1.I. The van der Waals surface area contributed by atoms with Gasteiger partial charge in [-0.25, -0.2) is 0 Å². The van der Waals surface area contributed by atoms with E-state index in [2.05, 4.69) is 25.4 Å². The fourth-order valence-electron chi connectivity index (χ4n) is 3.07. The summed E-state index contributed by atoms with van der Waals surface area (Å²) in [7, 11) is 1.73. The van der Waals surface area contributed by atoms with Gasteiger partial charge in [-0.15, -0.1) is 24.0 Å². The van der Waals surface area contributed by atoms with Gasteiger partial charge in [0.25, 0.3) is 0 Å². The molecule has 1 aromatic rings. The Morgan fingerprint density at radius 2 is 1.63 bits per heavy atom. The standard InChI is InChI=1S/C20H30F3N5O.HI/c1-15(2)18(29)25-8-9-26-19(24-3)28-12-10-27(11-13-28)14-16-4-6-17(7-5-16)20(21,22)23;/h4-7,15H,8-14H2,1-3H3,(H,24,26)(H,25,29);1H. The Hall–Kier alpha value is -1.56. The van der Waals surface area contributed by atoms with E-state index in [9.17, 15) is 18.0 Å². The molecule has 1 aliphatic heterocycles. The number of amides is 1. The van der Waals surface area contributed by atoms with E-state index in [1.54, 1.807) is 19.2 Å². The zero-order chi connectivity index (χ0) is 21.4. The molecule has 1 aliphatic rings. The molecule has 1 amide bonds. The Balaban J connectivity index is 0.00000450. The van der Waals surface area contributed by atoms with E-state index in [1.807, 2.05) is 13.8 Å². The van der Waals surface area contributed by atoms with Gasteiger partial charge in [-0.1, -0.05) is 26.0 Å². The number of carbonyl (C=O) groups excluding carboxylic acids is 1. The molecule has 0 atom stereocenters. The van der Waals surface area contributed by atoms with Crippen molar-refractivity contribution in [3.05, 3.63) is 35.4 Å². The van der Waals surface area contributed by atoms with Gasteiger partial charge in [0.05, 0.1) is 5.56 Å². The lowest BCUT2D eigenvalue weighted by atomic mass is 10.1. The van der Waals surface area contributed by atoms with Crippen LogP contribution in [0, 0.1) is 5.92 Å². The third-order valence-corrected chi connectivity index (χ3v) is 4.80. The predicted molar refractivity (Wildman–Crippen MR) is 123 cm³/mol. The molecule has 0 aromatic heterocycles. The number of nitrogens with zero attached hydrogens (tertiary/aromatic N) is 3. The zero-order valence-electron chi connectivity index (χ0n) is 17.6. The number of benzene rings is 1. The van der Waals surface area contributed by atoms with Crippen molar-refractivity contribution >= 4 is 35.8 Å². The molecule has 0 unspecified atom stereocenters. The van der Waals surface area contributed by atoms with Gasteiger partial charge in [0.1, 0.15) is 0 Å². The number of hydrogen-bond acceptors (Lipinski definition) is 3. The van der Waals surface area contributed by atoms with Crippen molar-refractivity contribution in [1.29, 1.82) is 0 Å². The second kappa shape index (κ2) is 12.3. The Morgan fingerprint density at radius 1 is 1.07 bits per heavy atom. The summed E-state index contributed by atoms with van der Waals surface area (Å²) < 4.78 is 38.0. The molecule has 6 nitrogen and oxygen atoms in total. The lowest BCUT2D eigenvalue weighted by Gasteiger charge is -2.36. The molecule has 0 saturated carbocycles. The minimum Gasteiger partial charge on any atom is -0.354 e. The van der Waals surface area contributed by atoms with Crippen LogP contribution < -0.4 is 10.6 Å². The molecule has 170 valence electrons. The van der Waals surface area contributed by atoms with Gasteiger partial charge in [-0.3, -0.25) is 14.7 Å². The maximum atomic E-state index is 12.7. The maximum absolute atomic E-state index is 12.7. The Kier molecular flexibility index (Phi) is 10.9. The number of carbonyl (C=O) groups is 1. The van der Waals surface area contributed by atoms with Crippen molar-refractivity contribution in [2.24, 2.45) is 10.9 Å². The van der Waals surface area contributed by atoms with Gasteiger partial charge < -0.3 is 15.5 Å². The van der Waals surface area contributed by atoms with Gasteiger partial charge in [0.2, 0.25) is 5.91 Å². The molecule has 2 N–H and O–H groups in total. The van der Waals surface area contributed by atoms with Crippen LogP contribution in [0.4, 0.5) is 13.2 Å². The van der Waals surface area contributed by atoms with Crippen molar-refractivity contribution in [3.63, 3.8) is 0 Å². The van der Waals surface area contributed by atoms with Crippen LogP contribution in [-0.4, -0.2) is 68.0 Å². The van der Waals surface area contributed by atoms with Crippen LogP contribution in [-0.2, 0) is 17.5 Å². The summed E-state index contributed by atoms with van der Waals surface area (Å²) in [6.45, 7) is 8.60. The van der Waals surface area contributed by atoms with Crippen LogP contribution in [0.15, 0.2) is 29.3 Å². The van der Waals surface area contributed by atoms with E-state index >= 15 is 0 Å². The molecular weight excluding hydrogens is 510 g/mol. The van der Waals surface area contributed by atoms with Crippen LogP contribution in [0.25, 0.3) is 0 Å². The van der Waals surface area contributed by atoms with Gasteiger partial charge in [0.15, 0.2) is 5.96 Å². The first-order valence-electron chi connectivity index (χ1n) is 9.82. The summed E-state index contributed by atoms with van der Waals surface area (Å²) in [6.07, 6.45) is -4.30. The minimum absolute atomic E-state index is 0. The van der Waals surface area contributed by atoms with E-state index in [1.165, 1.54) is 0 Å². The molecule has 1 aromatic carbocycles. The van der Waals surface area contributed by atoms with E-state index < -0.39 is 11.7 Å². The molecule has 2 rings (SSSR count). The number of guanidine groups is 1. The van der Waals surface area contributed by atoms with E-state index in [0.29, 0.717) is 19.6 Å². The zero-order valence-corrected chi connectivity index (χ0v) is 20.0. The number of aliphatic imine (C=N–C) groups is 1. The smallest absolute Gasteiger partial charge is 0.354 e. The summed E-state index contributed by atoms with van der Waals surface area (Å²) >= 11 is 0. The highest BCUT2D eigenvalue weighted by Crippen LogP contribution is 2.29. The summed E-state index contributed by atoms with van der Waals surface area (Å²) in [5.74, 6) is 0.781. The number of alkyl halides is 3. The molecule has 0 spiro atoms. The number of halogens is 4. The van der Waals surface area contributed by atoms with Crippen LogP contribution in [0.1, 0.15) is 25.0 Å². The number of nitrogens with one attached hydrogen (secondary N) is 2. The fraction of sp³-hybridized carbons (Fsp3) is 0.600. The molecule has 0 aliphatic carbocycles. The van der Waals surface area contributed by atoms with Crippen LogP contribution in [0.5, 0.6) is 0 Å². The largest absolute Gasteiger partial charge is 0.416 e.